The van der Waals surface area contributed by atoms with Crippen LogP contribution in [0, 0.1) is 10.5 Å². The first kappa shape index (κ1) is 15.1. The van der Waals surface area contributed by atoms with Gasteiger partial charge < -0.3 is 0 Å². The first-order valence-electron chi connectivity index (χ1n) is 6.56. The minimum absolute atomic E-state index is 0.202. The van der Waals surface area contributed by atoms with Gasteiger partial charge in [0, 0.05) is 3.57 Å². The number of hydrogen-bond donors (Lipinski definition) is 0. The van der Waals surface area contributed by atoms with E-state index in [0.29, 0.717) is 5.02 Å². The highest BCUT2D eigenvalue weighted by Gasteiger charge is 2.18. The lowest BCUT2D eigenvalue weighted by Crippen LogP contribution is -2.03. The van der Waals surface area contributed by atoms with Crippen LogP contribution in [0.2, 0.25) is 5.02 Å². The van der Waals surface area contributed by atoms with Crippen molar-refractivity contribution in [3.05, 3.63) is 56.4 Å². The molecule has 0 fully saturated rings. The van der Waals surface area contributed by atoms with E-state index in [1.807, 2.05) is 26.0 Å². The van der Waals surface area contributed by atoms with E-state index < -0.39 is 0 Å². The number of fused-ring (bicyclic) bond motifs is 1. The van der Waals surface area contributed by atoms with E-state index >= 15 is 0 Å². The standard InChI is InChI=1S/C16H13Cl2IN2/c1-9-3-5-12(18)15(7-9)21-14-6-4-11(19)8-13(14)20-16(21)10(2)17/h3-8,10H,1-2H3. The van der Waals surface area contributed by atoms with Gasteiger partial charge in [0.15, 0.2) is 0 Å². The molecule has 0 N–H and O–H groups in total. The molecule has 0 aliphatic rings. The lowest BCUT2D eigenvalue weighted by molar-refractivity contribution is 0.882. The van der Waals surface area contributed by atoms with Gasteiger partial charge in [0.1, 0.15) is 5.82 Å². The molecule has 3 aromatic rings. The summed E-state index contributed by atoms with van der Waals surface area (Å²) in [7, 11) is 0. The second-order valence-corrected chi connectivity index (χ2v) is 7.32. The summed E-state index contributed by atoms with van der Waals surface area (Å²) in [6, 6.07) is 12.1. The van der Waals surface area contributed by atoms with Crippen LogP contribution < -0.4 is 0 Å². The molecule has 0 saturated heterocycles. The molecule has 0 radical (unpaired) electrons. The van der Waals surface area contributed by atoms with Gasteiger partial charge in [-0.25, -0.2) is 4.98 Å². The van der Waals surface area contributed by atoms with Crippen LogP contribution in [0.15, 0.2) is 36.4 Å². The maximum atomic E-state index is 6.40. The van der Waals surface area contributed by atoms with E-state index in [4.69, 9.17) is 23.2 Å². The minimum atomic E-state index is -0.202. The SMILES string of the molecule is Cc1ccc(Cl)c(-n2c(C(C)Cl)nc3cc(I)ccc32)c1. The van der Waals surface area contributed by atoms with E-state index in [-0.39, 0.29) is 5.38 Å². The molecule has 0 spiro atoms. The van der Waals surface area contributed by atoms with Gasteiger partial charge >= 0.3 is 0 Å². The molecule has 108 valence electrons. The molecular weight excluding hydrogens is 418 g/mol. The zero-order valence-corrected chi connectivity index (χ0v) is 15.2. The van der Waals surface area contributed by atoms with Crippen molar-refractivity contribution >= 4 is 56.8 Å². The Morgan fingerprint density at radius 1 is 1.19 bits per heavy atom. The molecule has 0 saturated carbocycles. The van der Waals surface area contributed by atoms with Gasteiger partial charge in [0.25, 0.3) is 0 Å². The quantitative estimate of drug-likeness (QED) is 0.366. The van der Waals surface area contributed by atoms with Crippen molar-refractivity contribution in [2.24, 2.45) is 0 Å². The minimum Gasteiger partial charge on any atom is -0.294 e. The molecule has 1 heterocycles. The Morgan fingerprint density at radius 2 is 1.95 bits per heavy atom. The predicted molar refractivity (Wildman–Crippen MR) is 97.8 cm³/mol. The summed E-state index contributed by atoms with van der Waals surface area (Å²) >= 11 is 15.0. The van der Waals surface area contributed by atoms with Crippen LogP contribution in [0.4, 0.5) is 0 Å². The summed E-state index contributed by atoms with van der Waals surface area (Å²) in [5.74, 6) is 0.807. The van der Waals surface area contributed by atoms with E-state index in [9.17, 15) is 0 Å². The van der Waals surface area contributed by atoms with Crippen molar-refractivity contribution in [3.63, 3.8) is 0 Å². The van der Waals surface area contributed by atoms with E-state index in [1.165, 1.54) is 0 Å². The Bertz CT molecular complexity index is 825. The molecule has 0 aliphatic heterocycles. The molecule has 1 aromatic heterocycles. The van der Waals surface area contributed by atoms with Gasteiger partial charge in [-0.1, -0.05) is 17.7 Å². The van der Waals surface area contributed by atoms with Gasteiger partial charge in [-0.3, -0.25) is 4.57 Å². The van der Waals surface area contributed by atoms with Crippen molar-refractivity contribution in [1.82, 2.24) is 9.55 Å². The number of aryl methyl sites for hydroxylation is 1. The number of imidazole rings is 1. The van der Waals surface area contributed by atoms with E-state index in [0.717, 1.165) is 31.7 Å². The Labute approximate surface area is 147 Å². The Balaban J connectivity index is 2.39. The molecule has 3 rings (SSSR count). The van der Waals surface area contributed by atoms with Gasteiger partial charge in [-0.15, -0.1) is 11.6 Å². The summed E-state index contributed by atoms with van der Waals surface area (Å²) < 4.78 is 3.20. The van der Waals surface area contributed by atoms with Crippen LogP contribution in [0.1, 0.15) is 23.7 Å². The summed E-state index contributed by atoms with van der Waals surface area (Å²) in [6.07, 6.45) is 0. The number of halogens is 3. The average molecular weight is 431 g/mol. The highest BCUT2D eigenvalue weighted by Crippen LogP contribution is 2.32. The van der Waals surface area contributed by atoms with Gasteiger partial charge in [0.05, 0.1) is 27.1 Å². The molecule has 2 nitrogen and oxygen atoms in total. The molecule has 1 unspecified atom stereocenters. The van der Waals surface area contributed by atoms with Crippen molar-refractivity contribution in [2.45, 2.75) is 19.2 Å². The fourth-order valence-electron chi connectivity index (χ4n) is 2.39. The average Bonchev–Trinajstić information content (AvgIpc) is 2.80. The third-order valence-electron chi connectivity index (χ3n) is 3.34. The smallest absolute Gasteiger partial charge is 0.132 e. The van der Waals surface area contributed by atoms with Crippen LogP contribution in [0.25, 0.3) is 16.7 Å². The largest absolute Gasteiger partial charge is 0.294 e. The molecule has 0 bridgehead atoms. The van der Waals surface area contributed by atoms with Crippen molar-refractivity contribution < 1.29 is 0 Å². The van der Waals surface area contributed by atoms with Crippen LogP contribution in [0.5, 0.6) is 0 Å². The fraction of sp³-hybridized carbons (Fsp3) is 0.188. The van der Waals surface area contributed by atoms with Gasteiger partial charge in [-0.2, -0.15) is 0 Å². The number of benzene rings is 2. The highest BCUT2D eigenvalue weighted by molar-refractivity contribution is 14.1. The van der Waals surface area contributed by atoms with Crippen LogP contribution in [-0.2, 0) is 0 Å². The number of rotatable bonds is 2. The zero-order chi connectivity index (χ0) is 15.1. The predicted octanol–water partition coefficient (Wildman–Crippen LogP) is 5.89. The van der Waals surface area contributed by atoms with E-state index in [1.54, 1.807) is 0 Å². The number of nitrogens with zero attached hydrogens (tertiary/aromatic N) is 2. The maximum Gasteiger partial charge on any atom is 0.132 e. The summed E-state index contributed by atoms with van der Waals surface area (Å²) in [5, 5.41) is 0.489. The normalized spacial score (nSPS) is 12.8. The Hall–Kier alpha value is -0.780. The summed E-state index contributed by atoms with van der Waals surface area (Å²) in [6.45, 7) is 3.97. The Kier molecular flexibility index (Phi) is 4.17. The first-order valence-corrected chi connectivity index (χ1v) is 8.45. The van der Waals surface area contributed by atoms with Crippen molar-refractivity contribution in [2.75, 3.05) is 0 Å². The first-order chi connectivity index (χ1) is 9.97. The van der Waals surface area contributed by atoms with Crippen molar-refractivity contribution in [3.8, 4) is 5.69 Å². The third kappa shape index (κ3) is 2.79. The van der Waals surface area contributed by atoms with Crippen LogP contribution in [0.3, 0.4) is 0 Å². The highest BCUT2D eigenvalue weighted by atomic mass is 127. The van der Waals surface area contributed by atoms with Crippen LogP contribution in [-0.4, -0.2) is 9.55 Å². The summed E-state index contributed by atoms with van der Waals surface area (Å²) in [4.78, 5) is 4.69. The lowest BCUT2D eigenvalue weighted by atomic mass is 10.2. The fourth-order valence-corrected chi connectivity index (χ4v) is 3.21. The number of hydrogen-bond acceptors (Lipinski definition) is 1. The molecule has 2 aromatic carbocycles. The summed E-state index contributed by atoms with van der Waals surface area (Å²) in [5.41, 5.74) is 4.02. The van der Waals surface area contributed by atoms with Gasteiger partial charge in [-0.05, 0) is 72.3 Å². The lowest BCUT2D eigenvalue weighted by Gasteiger charge is -2.13. The topological polar surface area (TPSA) is 17.8 Å². The monoisotopic (exact) mass is 430 g/mol. The molecule has 5 heteroatoms. The number of aromatic nitrogens is 2. The van der Waals surface area contributed by atoms with Gasteiger partial charge in [0.2, 0.25) is 0 Å². The second-order valence-electron chi connectivity index (χ2n) is 5.01. The van der Waals surface area contributed by atoms with Crippen molar-refractivity contribution in [1.29, 1.82) is 0 Å². The zero-order valence-electron chi connectivity index (χ0n) is 11.6. The molecule has 1 atom stereocenters. The third-order valence-corrected chi connectivity index (χ3v) is 4.53. The molecular formula is C16H13Cl2IN2. The second kappa shape index (κ2) is 5.78. The molecule has 0 aliphatic carbocycles. The molecule has 21 heavy (non-hydrogen) atoms. The van der Waals surface area contributed by atoms with E-state index in [2.05, 4.69) is 56.4 Å². The molecule has 0 amide bonds. The van der Waals surface area contributed by atoms with Crippen LogP contribution >= 0.6 is 45.8 Å². The maximum absolute atomic E-state index is 6.40. The Morgan fingerprint density at radius 3 is 2.67 bits per heavy atom. The number of alkyl halides is 1.